The van der Waals surface area contributed by atoms with Crippen LogP contribution >= 0.6 is 11.6 Å². The second kappa shape index (κ2) is 9.37. The third kappa shape index (κ3) is 4.74. The average molecular weight is 457 g/mol. The number of rotatable bonds is 6. The van der Waals surface area contributed by atoms with E-state index in [4.69, 9.17) is 16.0 Å². The van der Waals surface area contributed by atoms with Gasteiger partial charge in [0.15, 0.2) is 0 Å². The number of nitro groups is 1. The van der Waals surface area contributed by atoms with Crippen LogP contribution < -0.4 is 10.9 Å². The minimum atomic E-state index is -0.593. The number of hydrogen-bond donors (Lipinski definition) is 1. The molecule has 0 bridgehead atoms. The van der Waals surface area contributed by atoms with Crippen LogP contribution in [-0.4, -0.2) is 59.9 Å². The van der Waals surface area contributed by atoms with Gasteiger partial charge >= 0.3 is 5.63 Å². The third-order valence-corrected chi connectivity index (χ3v) is 5.76. The monoisotopic (exact) mass is 456 g/mol. The van der Waals surface area contributed by atoms with Gasteiger partial charge in [-0.1, -0.05) is 23.7 Å². The lowest BCUT2D eigenvalue weighted by atomic mass is 10.1. The van der Waals surface area contributed by atoms with Gasteiger partial charge in [0, 0.05) is 62.4 Å². The minimum absolute atomic E-state index is 0.00726. The molecule has 9 nitrogen and oxygen atoms in total. The molecule has 10 heteroatoms. The van der Waals surface area contributed by atoms with Crippen molar-refractivity contribution < 1.29 is 14.1 Å². The number of para-hydroxylation sites is 1. The van der Waals surface area contributed by atoms with Crippen molar-refractivity contribution in [3.05, 3.63) is 79.7 Å². The van der Waals surface area contributed by atoms with E-state index in [-0.39, 0.29) is 22.2 Å². The Morgan fingerprint density at radius 2 is 1.88 bits per heavy atom. The molecule has 1 fully saturated rings. The Labute approximate surface area is 188 Å². The molecule has 0 unspecified atom stereocenters. The van der Waals surface area contributed by atoms with Crippen molar-refractivity contribution in [3.63, 3.8) is 0 Å². The second-order valence-corrected chi connectivity index (χ2v) is 7.87. The summed E-state index contributed by atoms with van der Waals surface area (Å²) in [6, 6.07) is 12.9. The Kier molecular flexibility index (Phi) is 6.38. The molecule has 1 aliphatic heterocycles. The number of nitrogens with one attached hydrogen (secondary N) is 1. The van der Waals surface area contributed by atoms with Crippen molar-refractivity contribution in [2.75, 3.05) is 44.6 Å². The van der Waals surface area contributed by atoms with Gasteiger partial charge in [-0.25, -0.2) is 4.79 Å². The standard InChI is InChI=1S/C22H21ClN4O5/c23-17-6-5-15(13-19(17)27(30)31)22(29)26-11-9-25(10-12-26)8-7-24-18-14-21(28)32-20-4-2-1-3-16(18)20/h1-6,13-14,24H,7-12H2. The van der Waals surface area contributed by atoms with Crippen LogP contribution in [0.25, 0.3) is 11.0 Å². The number of hydrogen-bond acceptors (Lipinski definition) is 7. The van der Waals surface area contributed by atoms with E-state index in [0.29, 0.717) is 38.3 Å². The van der Waals surface area contributed by atoms with Crippen molar-refractivity contribution in [3.8, 4) is 0 Å². The van der Waals surface area contributed by atoms with Crippen LogP contribution in [0, 0.1) is 10.1 Å². The normalized spacial score (nSPS) is 14.5. The minimum Gasteiger partial charge on any atom is -0.423 e. The quantitative estimate of drug-likeness (QED) is 0.344. The fraction of sp³-hybridized carbons (Fsp3) is 0.273. The van der Waals surface area contributed by atoms with Gasteiger partial charge in [-0.2, -0.15) is 0 Å². The zero-order valence-electron chi connectivity index (χ0n) is 17.1. The smallest absolute Gasteiger partial charge is 0.338 e. The first-order chi connectivity index (χ1) is 15.4. The molecule has 0 saturated carbocycles. The fourth-order valence-corrected chi connectivity index (χ4v) is 3.94. The number of halogens is 1. The van der Waals surface area contributed by atoms with Gasteiger partial charge in [0.25, 0.3) is 11.6 Å². The van der Waals surface area contributed by atoms with E-state index in [0.717, 1.165) is 17.6 Å². The highest BCUT2D eigenvalue weighted by Crippen LogP contribution is 2.26. The van der Waals surface area contributed by atoms with Crippen LogP contribution in [0.5, 0.6) is 0 Å². The molecular weight excluding hydrogens is 436 g/mol. The maximum Gasteiger partial charge on any atom is 0.338 e. The zero-order chi connectivity index (χ0) is 22.7. The van der Waals surface area contributed by atoms with E-state index >= 15 is 0 Å². The van der Waals surface area contributed by atoms with Crippen LogP contribution in [0.1, 0.15) is 10.4 Å². The molecule has 0 radical (unpaired) electrons. The SMILES string of the molecule is O=C(c1ccc(Cl)c([N+](=O)[O-])c1)N1CCN(CCNc2cc(=O)oc3ccccc23)CC1. The third-order valence-electron chi connectivity index (χ3n) is 5.44. The lowest BCUT2D eigenvalue weighted by Crippen LogP contribution is -2.49. The Morgan fingerprint density at radius 3 is 2.62 bits per heavy atom. The lowest BCUT2D eigenvalue weighted by molar-refractivity contribution is -0.384. The van der Waals surface area contributed by atoms with E-state index in [1.807, 2.05) is 18.2 Å². The molecule has 1 amide bonds. The van der Waals surface area contributed by atoms with Crippen molar-refractivity contribution in [2.45, 2.75) is 0 Å². The summed E-state index contributed by atoms with van der Waals surface area (Å²) in [5, 5.41) is 15.2. The largest absolute Gasteiger partial charge is 0.423 e. The number of carbonyl (C=O) groups is 1. The van der Waals surface area contributed by atoms with Gasteiger partial charge < -0.3 is 14.6 Å². The first-order valence-electron chi connectivity index (χ1n) is 10.1. The molecule has 0 aliphatic carbocycles. The van der Waals surface area contributed by atoms with Gasteiger partial charge in [-0.3, -0.25) is 19.8 Å². The predicted molar refractivity (Wildman–Crippen MR) is 121 cm³/mol. The summed E-state index contributed by atoms with van der Waals surface area (Å²) in [4.78, 5) is 38.9. The Hall–Kier alpha value is -3.43. The van der Waals surface area contributed by atoms with Gasteiger partial charge in [0.2, 0.25) is 0 Å². The molecule has 3 aromatic rings. The Balaban J connectivity index is 1.31. The maximum absolute atomic E-state index is 12.7. The lowest BCUT2D eigenvalue weighted by Gasteiger charge is -2.34. The van der Waals surface area contributed by atoms with Crippen molar-refractivity contribution >= 4 is 39.9 Å². The van der Waals surface area contributed by atoms with Gasteiger partial charge in [0.05, 0.1) is 10.6 Å². The number of amides is 1. The average Bonchev–Trinajstić information content (AvgIpc) is 2.79. The number of carbonyl (C=O) groups excluding carboxylic acids is 1. The highest BCUT2D eigenvalue weighted by atomic mass is 35.5. The van der Waals surface area contributed by atoms with E-state index in [2.05, 4.69) is 10.2 Å². The maximum atomic E-state index is 12.7. The molecule has 1 aliphatic rings. The second-order valence-electron chi connectivity index (χ2n) is 7.46. The van der Waals surface area contributed by atoms with Crippen LogP contribution in [0.3, 0.4) is 0 Å². The van der Waals surface area contributed by atoms with Crippen LogP contribution in [-0.2, 0) is 0 Å². The summed E-state index contributed by atoms with van der Waals surface area (Å²) in [6.45, 7) is 3.77. The summed E-state index contributed by atoms with van der Waals surface area (Å²) in [7, 11) is 0. The van der Waals surface area contributed by atoms with Crippen LogP contribution in [0.4, 0.5) is 11.4 Å². The molecular formula is C22H21ClN4O5. The number of nitrogens with zero attached hydrogens (tertiary/aromatic N) is 3. The molecule has 1 saturated heterocycles. The van der Waals surface area contributed by atoms with Gasteiger partial charge in [0.1, 0.15) is 10.6 Å². The van der Waals surface area contributed by atoms with E-state index in [1.165, 1.54) is 24.3 Å². The topological polar surface area (TPSA) is 109 Å². The number of fused-ring (bicyclic) bond motifs is 1. The van der Waals surface area contributed by atoms with Crippen molar-refractivity contribution in [1.29, 1.82) is 0 Å². The van der Waals surface area contributed by atoms with E-state index < -0.39 is 10.5 Å². The van der Waals surface area contributed by atoms with Gasteiger partial charge in [-0.05, 0) is 24.3 Å². The molecule has 2 aromatic carbocycles. The summed E-state index contributed by atoms with van der Waals surface area (Å²) in [5.74, 6) is -0.245. The number of benzene rings is 2. The molecule has 0 atom stereocenters. The zero-order valence-corrected chi connectivity index (χ0v) is 17.9. The predicted octanol–water partition coefficient (Wildman–Crippen LogP) is 3.22. The number of piperazine rings is 1. The van der Waals surface area contributed by atoms with Crippen LogP contribution in [0.2, 0.25) is 5.02 Å². The Morgan fingerprint density at radius 1 is 1.12 bits per heavy atom. The van der Waals surface area contributed by atoms with Gasteiger partial charge in [-0.15, -0.1) is 0 Å². The van der Waals surface area contributed by atoms with E-state index in [1.54, 1.807) is 11.0 Å². The first kappa shape index (κ1) is 21.8. The first-order valence-corrected chi connectivity index (χ1v) is 10.5. The van der Waals surface area contributed by atoms with Crippen molar-refractivity contribution in [1.82, 2.24) is 9.80 Å². The highest BCUT2D eigenvalue weighted by Gasteiger charge is 2.24. The number of anilines is 1. The molecule has 1 aromatic heterocycles. The molecule has 166 valence electrons. The molecule has 2 heterocycles. The molecule has 32 heavy (non-hydrogen) atoms. The summed E-state index contributed by atoms with van der Waals surface area (Å²) in [5.41, 5.74) is 0.850. The summed E-state index contributed by atoms with van der Waals surface area (Å²) >= 11 is 5.83. The van der Waals surface area contributed by atoms with Crippen LogP contribution in [0.15, 0.2) is 57.7 Å². The Bertz CT molecular complexity index is 1220. The summed E-state index contributed by atoms with van der Waals surface area (Å²) < 4.78 is 5.21. The molecule has 4 rings (SSSR count). The molecule has 1 N–H and O–H groups in total. The molecule has 0 spiro atoms. The fourth-order valence-electron chi connectivity index (χ4n) is 3.75. The number of nitro benzene ring substituents is 1. The summed E-state index contributed by atoms with van der Waals surface area (Å²) in [6.07, 6.45) is 0. The van der Waals surface area contributed by atoms with E-state index in [9.17, 15) is 19.7 Å². The highest BCUT2D eigenvalue weighted by molar-refractivity contribution is 6.32. The van der Waals surface area contributed by atoms with Crippen molar-refractivity contribution in [2.24, 2.45) is 0 Å².